The fourth-order valence-corrected chi connectivity index (χ4v) is 2.39. The maximum absolute atomic E-state index is 13.2. The van der Waals surface area contributed by atoms with Crippen LogP contribution in [0.2, 0.25) is 0 Å². The Morgan fingerprint density at radius 3 is 2.33 bits per heavy atom. The smallest absolute Gasteiger partial charge is 0.249 e. The molecule has 18 heavy (non-hydrogen) atoms. The largest absolute Gasteiger partial charge is 0.279 e. The lowest BCUT2D eigenvalue weighted by Gasteiger charge is -2.12. The molecule has 1 aromatic carbocycles. The zero-order valence-corrected chi connectivity index (χ0v) is 10.1. The second kappa shape index (κ2) is 5.27. The van der Waals surface area contributed by atoms with Crippen LogP contribution in [0.5, 0.6) is 0 Å². The Morgan fingerprint density at radius 2 is 1.83 bits per heavy atom. The van der Waals surface area contributed by atoms with Crippen LogP contribution in [0.25, 0.3) is 0 Å². The van der Waals surface area contributed by atoms with E-state index in [9.17, 15) is 21.6 Å². The molecule has 0 aliphatic carbocycles. The Labute approximate surface area is 102 Å². The first-order chi connectivity index (χ1) is 8.31. The van der Waals surface area contributed by atoms with Gasteiger partial charge in [0.05, 0.1) is 11.8 Å². The van der Waals surface area contributed by atoms with Crippen LogP contribution in [0.15, 0.2) is 12.1 Å². The van der Waals surface area contributed by atoms with Gasteiger partial charge in [-0.15, -0.1) is 0 Å². The van der Waals surface area contributed by atoms with Gasteiger partial charge in [-0.1, -0.05) is 6.92 Å². The summed E-state index contributed by atoms with van der Waals surface area (Å²) in [6.45, 7) is 1.45. The summed E-state index contributed by atoms with van der Waals surface area (Å²) in [5, 5.41) is 7.21. The molecule has 0 saturated carbocycles. The Bertz CT molecular complexity index is 596. The molecule has 0 aromatic heterocycles. The second-order valence-electron chi connectivity index (χ2n) is 3.42. The lowest BCUT2D eigenvalue weighted by atomic mass is 10.3. The minimum absolute atomic E-state index is 0.0167. The number of halogens is 3. The molecule has 0 spiro atoms. The van der Waals surface area contributed by atoms with Gasteiger partial charge in [0.25, 0.3) is 0 Å². The summed E-state index contributed by atoms with van der Waals surface area (Å²) in [6, 6.07) is 2.12. The van der Waals surface area contributed by atoms with E-state index >= 15 is 0 Å². The molecule has 0 aliphatic heterocycles. The third-order valence-electron chi connectivity index (χ3n) is 2.15. The van der Waals surface area contributed by atoms with Gasteiger partial charge < -0.3 is 0 Å². The summed E-state index contributed by atoms with van der Waals surface area (Å²) in [4.78, 5) is 0. The van der Waals surface area contributed by atoms with E-state index in [1.807, 2.05) is 0 Å². The molecule has 0 radical (unpaired) electrons. The SMILES string of the molecule is CCC(C#N)S(=O)(=O)Nc1cc(F)c(F)cc1F. The minimum atomic E-state index is -4.17. The molecule has 1 atom stereocenters. The van der Waals surface area contributed by atoms with E-state index in [1.165, 1.54) is 13.0 Å². The molecule has 0 bridgehead atoms. The van der Waals surface area contributed by atoms with Crippen molar-refractivity contribution < 1.29 is 21.6 Å². The highest BCUT2D eigenvalue weighted by atomic mass is 32.2. The molecule has 1 unspecified atom stereocenters. The van der Waals surface area contributed by atoms with Gasteiger partial charge in [0.2, 0.25) is 10.0 Å². The van der Waals surface area contributed by atoms with Crippen molar-refractivity contribution in [2.24, 2.45) is 0 Å². The molecule has 4 nitrogen and oxygen atoms in total. The summed E-state index contributed by atoms with van der Waals surface area (Å²) < 4.78 is 63.6. The number of rotatable bonds is 4. The van der Waals surface area contributed by atoms with E-state index < -0.39 is 38.4 Å². The number of sulfonamides is 1. The average molecular weight is 278 g/mol. The Kier molecular flexibility index (Phi) is 4.19. The number of hydrogen-bond acceptors (Lipinski definition) is 3. The monoisotopic (exact) mass is 278 g/mol. The summed E-state index contributed by atoms with van der Waals surface area (Å²) >= 11 is 0. The fraction of sp³-hybridized carbons (Fsp3) is 0.300. The zero-order chi connectivity index (χ0) is 13.9. The van der Waals surface area contributed by atoms with Crippen LogP contribution in [-0.4, -0.2) is 13.7 Å². The van der Waals surface area contributed by atoms with Crippen LogP contribution >= 0.6 is 0 Å². The molecule has 0 heterocycles. The van der Waals surface area contributed by atoms with Crippen molar-refractivity contribution in [1.29, 1.82) is 5.26 Å². The highest BCUT2D eigenvalue weighted by Gasteiger charge is 2.25. The Balaban J connectivity index is 3.13. The number of nitrogens with one attached hydrogen (secondary N) is 1. The van der Waals surface area contributed by atoms with Gasteiger partial charge in [-0.25, -0.2) is 21.6 Å². The van der Waals surface area contributed by atoms with Crippen LogP contribution < -0.4 is 4.72 Å². The Morgan fingerprint density at radius 1 is 1.28 bits per heavy atom. The van der Waals surface area contributed by atoms with Crippen molar-refractivity contribution in [1.82, 2.24) is 0 Å². The normalized spacial score (nSPS) is 12.8. The average Bonchev–Trinajstić information content (AvgIpc) is 2.26. The van der Waals surface area contributed by atoms with Gasteiger partial charge in [0.15, 0.2) is 16.9 Å². The van der Waals surface area contributed by atoms with Crippen LogP contribution in [0.3, 0.4) is 0 Å². The highest BCUT2D eigenvalue weighted by Crippen LogP contribution is 2.21. The van der Waals surface area contributed by atoms with E-state index in [0.717, 1.165) is 0 Å². The predicted molar refractivity (Wildman–Crippen MR) is 58.6 cm³/mol. The molecule has 0 fully saturated rings. The van der Waals surface area contributed by atoms with Gasteiger partial charge in [-0.3, -0.25) is 4.72 Å². The molecular formula is C10H9F3N2O2S. The molecule has 0 aliphatic rings. The van der Waals surface area contributed by atoms with Gasteiger partial charge in [-0.05, 0) is 6.42 Å². The summed E-state index contributed by atoms with van der Waals surface area (Å²) in [5.74, 6) is -4.08. The second-order valence-corrected chi connectivity index (χ2v) is 5.28. The van der Waals surface area contributed by atoms with E-state index in [-0.39, 0.29) is 12.5 Å². The number of nitrogens with zero attached hydrogens (tertiary/aromatic N) is 1. The first kappa shape index (κ1) is 14.3. The number of hydrogen-bond donors (Lipinski definition) is 1. The number of anilines is 1. The third-order valence-corrected chi connectivity index (χ3v) is 3.84. The number of benzene rings is 1. The molecule has 1 rings (SSSR count). The van der Waals surface area contributed by atoms with Gasteiger partial charge >= 0.3 is 0 Å². The first-order valence-electron chi connectivity index (χ1n) is 4.87. The third kappa shape index (κ3) is 2.92. The van der Waals surface area contributed by atoms with Crippen molar-refractivity contribution in [2.75, 3.05) is 4.72 Å². The minimum Gasteiger partial charge on any atom is -0.279 e. The van der Waals surface area contributed by atoms with E-state index in [4.69, 9.17) is 5.26 Å². The van der Waals surface area contributed by atoms with Gasteiger partial charge in [0, 0.05) is 12.1 Å². The summed E-state index contributed by atoms with van der Waals surface area (Å²) in [7, 11) is -4.17. The van der Waals surface area contributed by atoms with Crippen molar-refractivity contribution in [3.63, 3.8) is 0 Å². The zero-order valence-electron chi connectivity index (χ0n) is 9.25. The van der Waals surface area contributed by atoms with Crippen molar-refractivity contribution in [3.8, 4) is 6.07 Å². The van der Waals surface area contributed by atoms with Crippen LogP contribution in [0.1, 0.15) is 13.3 Å². The lowest BCUT2D eigenvalue weighted by Crippen LogP contribution is -2.26. The molecule has 98 valence electrons. The van der Waals surface area contributed by atoms with Crippen LogP contribution in [-0.2, 0) is 10.0 Å². The lowest BCUT2D eigenvalue weighted by molar-refractivity contribution is 0.496. The van der Waals surface area contributed by atoms with E-state index in [2.05, 4.69) is 0 Å². The van der Waals surface area contributed by atoms with Gasteiger partial charge in [0.1, 0.15) is 5.82 Å². The van der Waals surface area contributed by atoms with Crippen molar-refractivity contribution in [2.45, 2.75) is 18.6 Å². The van der Waals surface area contributed by atoms with E-state index in [1.54, 1.807) is 4.72 Å². The molecule has 8 heteroatoms. The van der Waals surface area contributed by atoms with Crippen molar-refractivity contribution in [3.05, 3.63) is 29.6 Å². The highest BCUT2D eigenvalue weighted by molar-refractivity contribution is 7.93. The van der Waals surface area contributed by atoms with Gasteiger partial charge in [-0.2, -0.15) is 5.26 Å². The molecule has 0 amide bonds. The number of nitriles is 1. The molecule has 0 saturated heterocycles. The fourth-order valence-electron chi connectivity index (χ4n) is 1.21. The molecule has 1 aromatic rings. The standard InChI is InChI=1S/C10H9F3N2O2S/c1-2-6(5-14)18(16,17)15-10-4-8(12)7(11)3-9(10)13/h3-4,6,15H,2H2,1H3. The molecule has 1 N–H and O–H groups in total. The first-order valence-corrected chi connectivity index (χ1v) is 6.42. The van der Waals surface area contributed by atoms with Crippen LogP contribution in [0.4, 0.5) is 18.9 Å². The topological polar surface area (TPSA) is 70.0 Å². The summed E-state index contributed by atoms with van der Waals surface area (Å²) in [5.41, 5.74) is -0.734. The van der Waals surface area contributed by atoms with Crippen LogP contribution in [0, 0.1) is 28.8 Å². The maximum Gasteiger partial charge on any atom is 0.249 e. The molecular weight excluding hydrogens is 269 g/mol. The summed E-state index contributed by atoms with van der Waals surface area (Å²) in [6.07, 6.45) is -0.0167. The predicted octanol–water partition coefficient (Wildman–Crippen LogP) is 2.15. The quantitative estimate of drug-likeness (QED) is 0.858. The van der Waals surface area contributed by atoms with Crippen molar-refractivity contribution >= 4 is 15.7 Å². The Hall–Kier alpha value is -1.75. The van der Waals surface area contributed by atoms with E-state index in [0.29, 0.717) is 6.07 Å². The maximum atomic E-state index is 13.2.